The Morgan fingerprint density at radius 1 is 1.19 bits per heavy atom. The molecule has 0 bridgehead atoms. The summed E-state index contributed by atoms with van der Waals surface area (Å²) in [6, 6.07) is 10.1. The second kappa shape index (κ2) is 10.7. The van der Waals surface area contributed by atoms with Crippen molar-refractivity contribution in [2.45, 2.75) is 57.0 Å². The predicted octanol–water partition coefficient (Wildman–Crippen LogP) is 4.41. The Morgan fingerprint density at radius 3 is 2.64 bits per heavy atom. The molecule has 2 aliphatic rings. The van der Waals surface area contributed by atoms with Gasteiger partial charge in [-0.15, -0.1) is 5.10 Å². The number of likely N-dealkylation sites (tertiary alicyclic amines) is 1. The van der Waals surface area contributed by atoms with Gasteiger partial charge < -0.3 is 14.1 Å². The van der Waals surface area contributed by atoms with Crippen molar-refractivity contribution in [1.82, 2.24) is 14.5 Å². The van der Waals surface area contributed by atoms with Crippen LogP contribution in [0.25, 0.3) is 11.1 Å². The lowest BCUT2D eigenvalue weighted by Gasteiger charge is -2.41. The molecule has 1 aliphatic heterocycles. The summed E-state index contributed by atoms with van der Waals surface area (Å²) in [4.78, 5) is 19.6. The summed E-state index contributed by atoms with van der Waals surface area (Å²) in [6.45, 7) is 4.88. The van der Waals surface area contributed by atoms with E-state index in [1.54, 1.807) is 12.1 Å². The third kappa shape index (κ3) is 5.23. The summed E-state index contributed by atoms with van der Waals surface area (Å²) >= 11 is 0. The van der Waals surface area contributed by atoms with Crippen LogP contribution >= 0.6 is 0 Å². The van der Waals surface area contributed by atoms with Crippen LogP contribution in [0.4, 0.5) is 8.78 Å². The number of ether oxygens (including phenoxy) is 1. The van der Waals surface area contributed by atoms with Gasteiger partial charge in [-0.3, -0.25) is 9.55 Å². The number of pyridine rings is 1. The summed E-state index contributed by atoms with van der Waals surface area (Å²) in [5.41, 5.74) is 3.47. The zero-order valence-electron chi connectivity index (χ0n) is 20.0. The van der Waals surface area contributed by atoms with Gasteiger partial charge in [0.05, 0.1) is 23.3 Å². The van der Waals surface area contributed by atoms with Gasteiger partial charge in [-0.1, -0.05) is 12.5 Å². The Morgan fingerprint density at radius 2 is 2.00 bits per heavy atom. The van der Waals surface area contributed by atoms with Gasteiger partial charge in [0.25, 0.3) is 6.43 Å². The zero-order valence-corrected chi connectivity index (χ0v) is 20.0. The zero-order chi connectivity index (χ0) is 25.1. The molecule has 0 atom stereocenters. The highest BCUT2D eigenvalue weighted by atomic mass is 19.3. The van der Waals surface area contributed by atoms with Crippen molar-refractivity contribution in [2.75, 3.05) is 19.7 Å². The maximum Gasteiger partial charge on any atom is 0.420 e. The van der Waals surface area contributed by atoms with E-state index in [-0.39, 0.29) is 12.4 Å². The maximum atomic E-state index is 12.6. The number of alkyl halides is 2. The Hall–Kier alpha value is -3.40. The molecule has 1 saturated carbocycles. The number of piperidine rings is 1. The Kier molecular flexibility index (Phi) is 7.22. The van der Waals surface area contributed by atoms with Gasteiger partial charge in [-0.25, -0.2) is 13.6 Å². The van der Waals surface area contributed by atoms with Crippen molar-refractivity contribution in [3.63, 3.8) is 0 Å². The summed E-state index contributed by atoms with van der Waals surface area (Å²) < 4.78 is 37.1. The summed E-state index contributed by atoms with van der Waals surface area (Å²) in [5.74, 6) is -0.0747. The van der Waals surface area contributed by atoms with E-state index in [1.165, 1.54) is 35.6 Å². The maximum absolute atomic E-state index is 12.6. The molecule has 0 N–H and O–H groups in total. The first kappa shape index (κ1) is 24.3. The minimum absolute atomic E-state index is 0.0960. The quantitative estimate of drug-likeness (QED) is 0.261. The van der Waals surface area contributed by atoms with Crippen LogP contribution in [-0.4, -0.2) is 59.2 Å². The first-order chi connectivity index (χ1) is 17.5. The number of rotatable bonds is 8. The molecule has 0 radical (unpaired) electrons. The summed E-state index contributed by atoms with van der Waals surface area (Å²) in [7, 11) is 0. The van der Waals surface area contributed by atoms with Gasteiger partial charge in [0, 0.05) is 19.0 Å². The SMILES string of the molecule is C=N/N=C(\OCC(F)F)c1ccc(Cn2c(=O)oc3cc(C4CCN(C5CCC5)CC4)ccc32)nc1. The highest BCUT2D eigenvalue weighted by Gasteiger charge is 2.29. The fourth-order valence-corrected chi connectivity index (χ4v) is 5.02. The normalized spacial score (nSPS) is 18.0. The van der Waals surface area contributed by atoms with E-state index < -0.39 is 18.8 Å². The summed E-state index contributed by atoms with van der Waals surface area (Å²) in [6.07, 6.45) is 5.06. The van der Waals surface area contributed by atoms with Crippen molar-refractivity contribution in [2.24, 2.45) is 10.2 Å². The van der Waals surface area contributed by atoms with Crippen molar-refractivity contribution >= 4 is 23.7 Å². The number of benzene rings is 1. The van der Waals surface area contributed by atoms with Crippen LogP contribution in [0.15, 0.2) is 55.9 Å². The van der Waals surface area contributed by atoms with Crippen molar-refractivity contribution in [3.05, 3.63) is 63.9 Å². The van der Waals surface area contributed by atoms with Crippen LogP contribution in [0.2, 0.25) is 0 Å². The van der Waals surface area contributed by atoms with Crippen LogP contribution in [-0.2, 0) is 11.3 Å². The minimum atomic E-state index is -2.64. The third-order valence-electron chi connectivity index (χ3n) is 7.18. The molecule has 190 valence electrons. The second-order valence-corrected chi connectivity index (χ2v) is 9.36. The lowest BCUT2D eigenvalue weighted by Crippen LogP contribution is -2.44. The van der Waals surface area contributed by atoms with E-state index in [1.807, 2.05) is 12.1 Å². The van der Waals surface area contributed by atoms with Crippen molar-refractivity contribution in [3.8, 4) is 0 Å². The molecule has 3 aromatic rings. The van der Waals surface area contributed by atoms with E-state index in [0.717, 1.165) is 32.0 Å². The van der Waals surface area contributed by atoms with Crippen molar-refractivity contribution in [1.29, 1.82) is 0 Å². The molecule has 5 rings (SSSR count). The Labute approximate surface area is 207 Å². The topological polar surface area (TPSA) is 85.2 Å². The molecule has 0 unspecified atom stereocenters. The predicted molar refractivity (Wildman–Crippen MR) is 133 cm³/mol. The number of hydrogen-bond acceptors (Lipinski definition) is 7. The average Bonchev–Trinajstić information content (AvgIpc) is 3.15. The van der Waals surface area contributed by atoms with Crippen LogP contribution in [0.3, 0.4) is 0 Å². The number of oxazole rings is 1. The van der Waals surface area contributed by atoms with E-state index in [0.29, 0.717) is 28.3 Å². The van der Waals surface area contributed by atoms with Crippen molar-refractivity contribution < 1.29 is 17.9 Å². The second-order valence-electron chi connectivity index (χ2n) is 9.36. The highest BCUT2D eigenvalue weighted by molar-refractivity contribution is 5.93. The van der Waals surface area contributed by atoms with Gasteiger partial charge in [-0.2, -0.15) is 5.10 Å². The number of halogens is 2. The lowest BCUT2D eigenvalue weighted by molar-refractivity contribution is 0.0765. The molecule has 8 nitrogen and oxygen atoms in total. The van der Waals surface area contributed by atoms with Gasteiger partial charge in [-0.05, 0) is 74.5 Å². The monoisotopic (exact) mass is 497 g/mol. The molecular weight excluding hydrogens is 468 g/mol. The Bertz CT molecular complexity index is 1290. The third-order valence-corrected chi connectivity index (χ3v) is 7.18. The van der Waals surface area contributed by atoms with E-state index in [2.05, 4.69) is 32.9 Å². The first-order valence-electron chi connectivity index (χ1n) is 12.3. The fourth-order valence-electron chi connectivity index (χ4n) is 5.02. The molecule has 2 aromatic heterocycles. The smallest absolute Gasteiger partial charge is 0.420 e. The average molecular weight is 498 g/mol. The molecule has 0 amide bonds. The molecule has 2 fully saturated rings. The summed E-state index contributed by atoms with van der Waals surface area (Å²) in [5, 5.41) is 7.01. The van der Waals surface area contributed by atoms with E-state index in [4.69, 9.17) is 9.15 Å². The van der Waals surface area contributed by atoms with Gasteiger partial charge in [0.1, 0.15) is 0 Å². The van der Waals surface area contributed by atoms with Crippen LogP contribution in [0, 0.1) is 0 Å². The number of fused-ring (bicyclic) bond motifs is 1. The molecule has 10 heteroatoms. The molecule has 0 spiro atoms. The van der Waals surface area contributed by atoms with Gasteiger partial charge in [0.2, 0.25) is 5.90 Å². The molecule has 1 saturated heterocycles. The number of hydrogen-bond donors (Lipinski definition) is 0. The van der Waals surface area contributed by atoms with E-state index in [9.17, 15) is 13.6 Å². The fraction of sp³-hybridized carbons (Fsp3) is 0.462. The van der Waals surface area contributed by atoms with Crippen LogP contribution < -0.4 is 5.76 Å². The first-order valence-corrected chi connectivity index (χ1v) is 12.3. The molecule has 1 aliphatic carbocycles. The Balaban J connectivity index is 1.28. The van der Waals surface area contributed by atoms with Gasteiger partial charge >= 0.3 is 5.76 Å². The largest absolute Gasteiger partial charge is 0.470 e. The molecular formula is C26H29F2N5O3. The highest BCUT2D eigenvalue weighted by Crippen LogP contribution is 2.34. The number of aromatic nitrogens is 2. The molecule has 3 heterocycles. The lowest BCUT2D eigenvalue weighted by atomic mass is 9.85. The van der Waals surface area contributed by atoms with Gasteiger partial charge in [0.15, 0.2) is 12.2 Å². The number of nitrogens with zero attached hydrogens (tertiary/aromatic N) is 5. The van der Waals surface area contributed by atoms with Crippen LogP contribution in [0.5, 0.6) is 0 Å². The molecule has 1 aromatic carbocycles. The van der Waals surface area contributed by atoms with E-state index >= 15 is 0 Å². The minimum Gasteiger partial charge on any atom is -0.470 e. The molecule has 36 heavy (non-hydrogen) atoms. The standard InChI is InChI=1S/C26H29F2N5O3/c1-29-31-25(35-16-24(27)28)19-5-7-20(30-14-19)15-33-22-8-6-18(13-23(22)36-26(33)34)17-9-11-32(12-10-17)21-3-2-4-21/h5-8,13-14,17,21,24H,1-4,9-12,15-16H2/b31-25-. The van der Waals surface area contributed by atoms with Crippen LogP contribution in [0.1, 0.15) is 54.8 Å².